The quantitative estimate of drug-likeness (QED) is 0.463. The molecule has 1 saturated heterocycles. The Hall–Kier alpha value is -3.12. The molecule has 2 aromatic carbocycles. The van der Waals surface area contributed by atoms with Crippen molar-refractivity contribution < 1.29 is 19.4 Å². The van der Waals surface area contributed by atoms with E-state index < -0.39 is 17.7 Å². The van der Waals surface area contributed by atoms with Crippen molar-refractivity contribution in [2.75, 3.05) is 39.3 Å². The molecule has 0 saturated carbocycles. The van der Waals surface area contributed by atoms with Crippen LogP contribution in [0.4, 0.5) is 5.69 Å². The molecular weight excluding hydrogens is 368 g/mol. The molecule has 1 N–H and O–H groups in total. The number of ketones is 1. The molecule has 1 aliphatic rings. The number of carbonyl (C=O) groups excluding carboxylic acids is 2. The molecule has 1 unspecified atom stereocenters. The number of carbonyl (C=O) groups is 2. The Bertz CT molecular complexity index is 930. The Labute approximate surface area is 171 Å². The highest BCUT2D eigenvalue weighted by atomic mass is 16.5. The van der Waals surface area contributed by atoms with E-state index in [0.29, 0.717) is 12.2 Å². The van der Waals surface area contributed by atoms with Crippen molar-refractivity contribution >= 4 is 23.1 Å². The third kappa shape index (κ3) is 4.03. The second-order valence-electron chi connectivity index (χ2n) is 7.34. The van der Waals surface area contributed by atoms with Crippen LogP contribution in [0.2, 0.25) is 0 Å². The molecule has 1 atom stereocenters. The number of aliphatic hydroxyl groups is 1. The van der Waals surface area contributed by atoms with E-state index in [4.69, 9.17) is 4.74 Å². The van der Waals surface area contributed by atoms with Crippen molar-refractivity contribution in [1.82, 2.24) is 4.90 Å². The highest BCUT2D eigenvalue weighted by Gasteiger charge is 2.45. The van der Waals surface area contributed by atoms with Crippen LogP contribution in [0.3, 0.4) is 0 Å². The molecule has 1 fully saturated rings. The largest absolute Gasteiger partial charge is 0.507 e. The SMILES string of the molecule is COCCN1C(=O)C(=O)/C(=C(\O)c2ccc(C)cc2)C1c1ccc(N(C)C)cc1. The Morgan fingerprint density at radius 1 is 1.07 bits per heavy atom. The zero-order chi connectivity index (χ0) is 21.1. The summed E-state index contributed by atoms with van der Waals surface area (Å²) in [5.74, 6) is -1.47. The van der Waals surface area contributed by atoms with E-state index >= 15 is 0 Å². The first-order valence-corrected chi connectivity index (χ1v) is 9.46. The molecular formula is C23H26N2O4. The van der Waals surface area contributed by atoms with Crippen molar-refractivity contribution in [2.45, 2.75) is 13.0 Å². The van der Waals surface area contributed by atoms with E-state index in [2.05, 4.69) is 0 Å². The van der Waals surface area contributed by atoms with Gasteiger partial charge in [0.25, 0.3) is 11.7 Å². The number of Topliss-reactive ketones (excluding diaryl/α,β-unsaturated/α-hetero) is 1. The van der Waals surface area contributed by atoms with Crippen molar-refractivity contribution in [3.8, 4) is 0 Å². The van der Waals surface area contributed by atoms with Crippen LogP contribution in [0, 0.1) is 6.92 Å². The van der Waals surface area contributed by atoms with Crippen LogP contribution in [0.25, 0.3) is 5.76 Å². The number of anilines is 1. The van der Waals surface area contributed by atoms with E-state index in [1.165, 1.54) is 4.90 Å². The number of nitrogens with zero attached hydrogens (tertiary/aromatic N) is 2. The number of likely N-dealkylation sites (tertiary alicyclic amines) is 1. The first-order valence-electron chi connectivity index (χ1n) is 9.46. The first kappa shape index (κ1) is 20.6. The normalized spacial score (nSPS) is 18.3. The molecule has 152 valence electrons. The van der Waals surface area contributed by atoms with Crippen molar-refractivity contribution in [3.05, 3.63) is 70.8 Å². The molecule has 0 aliphatic carbocycles. The average molecular weight is 394 g/mol. The van der Waals surface area contributed by atoms with Gasteiger partial charge in [-0.1, -0.05) is 42.0 Å². The number of aliphatic hydroxyl groups excluding tert-OH is 1. The molecule has 1 aliphatic heterocycles. The van der Waals surface area contributed by atoms with Gasteiger partial charge in [-0.05, 0) is 24.6 Å². The Morgan fingerprint density at radius 2 is 1.69 bits per heavy atom. The number of hydrogen-bond donors (Lipinski definition) is 1. The van der Waals surface area contributed by atoms with Crippen LogP contribution in [0.15, 0.2) is 54.1 Å². The summed E-state index contributed by atoms with van der Waals surface area (Å²) in [5, 5.41) is 11.0. The zero-order valence-corrected chi connectivity index (χ0v) is 17.2. The summed E-state index contributed by atoms with van der Waals surface area (Å²) in [7, 11) is 5.43. The highest BCUT2D eigenvalue weighted by Crippen LogP contribution is 2.39. The Kier molecular flexibility index (Phi) is 6.03. The summed E-state index contributed by atoms with van der Waals surface area (Å²) >= 11 is 0. The van der Waals surface area contributed by atoms with Gasteiger partial charge in [0.15, 0.2) is 0 Å². The third-order valence-corrected chi connectivity index (χ3v) is 5.13. The minimum absolute atomic E-state index is 0.104. The summed E-state index contributed by atoms with van der Waals surface area (Å²) in [6.07, 6.45) is 0. The standard InChI is InChI=1S/C23H26N2O4/c1-15-5-7-17(8-6-15)21(26)19-20(16-9-11-18(12-10-16)24(2)3)25(13-14-29-4)23(28)22(19)27/h5-12,20,26H,13-14H2,1-4H3/b21-19-. The van der Waals surface area contributed by atoms with Crippen molar-refractivity contribution in [1.29, 1.82) is 0 Å². The topological polar surface area (TPSA) is 70.1 Å². The van der Waals surface area contributed by atoms with Crippen LogP contribution in [-0.4, -0.2) is 56.1 Å². The summed E-state index contributed by atoms with van der Waals surface area (Å²) in [4.78, 5) is 29.0. The maximum atomic E-state index is 12.9. The molecule has 0 aromatic heterocycles. The van der Waals surface area contributed by atoms with Gasteiger partial charge >= 0.3 is 0 Å². The molecule has 0 bridgehead atoms. The van der Waals surface area contributed by atoms with Crippen LogP contribution >= 0.6 is 0 Å². The minimum atomic E-state index is -0.680. The van der Waals surface area contributed by atoms with Crippen molar-refractivity contribution in [3.63, 3.8) is 0 Å². The number of methoxy groups -OCH3 is 1. The summed E-state index contributed by atoms with van der Waals surface area (Å²) in [5.41, 5.74) is 3.42. The zero-order valence-electron chi connectivity index (χ0n) is 17.2. The summed E-state index contributed by atoms with van der Waals surface area (Å²) < 4.78 is 5.13. The number of amides is 1. The number of ether oxygens (including phenoxy) is 1. The molecule has 0 spiro atoms. The maximum absolute atomic E-state index is 12.9. The predicted octanol–water partition coefficient (Wildman–Crippen LogP) is 3.13. The molecule has 1 amide bonds. The van der Waals surface area contributed by atoms with Crippen molar-refractivity contribution in [2.24, 2.45) is 0 Å². The molecule has 6 heteroatoms. The first-order chi connectivity index (χ1) is 13.8. The lowest BCUT2D eigenvalue weighted by atomic mass is 9.95. The lowest BCUT2D eigenvalue weighted by molar-refractivity contribution is -0.140. The van der Waals surface area contributed by atoms with Gasteiger partial charge in [0, 0.05) is 39.0 Å². The molecule has 3 rings (SSSR count). The number of aryl methyl sites for hydroxylation is 1. The molecule has 0 radical (unpaired) electrons. The number of benzene rings is 2. The van der Waals surface area contributed by atoms with E-state index in [9.17, 15) is 14.7 Å². The highest BCUT2D eigenvalue weighted by molar-refractivity contribution is 6.46. The van der Waals surface area contributed by atoms with E-state index in [1.54, 1.807) is 19.2 Å². The molecule has 6 nitrogen and oxygen atoms in total. The lowest BCUT2D eigenvalue weighted by Crippen LogP contribution is -2.32. The van der Waals surface area contributed by atoms with Crippen LogP contribution < -0.4 is 4.90 Å². The number of rotatable bonds is 6. The van der Waals surface area contributed by atoms with E-state index in [0.717, 1.165) is 16.8 Å². The van der Waals surface area contributed by atoms with Crippen LogP contribution in [0.1, 0.15) is 22.7 Å². The second kappa shape index (κ2) is 8.49. The van der Waals surface area contributed by atoms with E-state index in [1.807, 2.05) is 62.3 Å². The second-order valence-corrected chi connectivity index (χ2v) is 7.34. The fraction of sp³-hybridized carbons (Fsp3) is 0.304. The Balaban J connectivity index is 2.13. The monoisotopic (exact) mass is 394 g/mol. The number of hydrogen-bond acceptors (Lipinski definition) is 5. The van der Waals surface area contributed by atoms with Crippen LogP contribution in [-0.2, 0) is 14.3 Å². The predicted molar refractivity (Wildman–Crippen MR) is 113 cm³/mol. The van der Waals surface area contributed by atoms with Crippen LogP contribution in [0.5, 0.6) is 0 Å². The van der Waals surface area contributed by atoms with Gasteiger partial charge in [-0.25, -0.2) is 0 Å². The van der Waals surface area contributed by atoms with Gasteiger partial charge in [0.2, 0.25) is 0 Å². The van der Waals surface area contributed by atoms with Gasteiger partial charge in [-0.15, -0.1) is 0 Å². The Morgan fingerprint density at radius 3 is 2.24 bits per heavy atom. The third-order valence-electron chi connectivity index (χ3n) is 5.13. The molecule has 29 heavy (non-hydrogen) atoms. The van der Waals surface area contributed by atoms with Gasteiger partial charge in [0.1, 0.15) is 5.76 Å². The summed E-state index contributed by atoms with van der Waals surface area (Å²) in [6.45, 7) is 2.50. The van der Waals surface area contributed by atoms with Gasteiger partial charge in [0.05, 0.1) is 18.2 Å². The fourth-order valence-corrected chi connectivity index (χ4v) is 3.47. The maximum Gasteiger partial charge on any atom is 0.295 e. The fourth-order valence-electron chi connectivity index (χ4n) is 3.47. The summed E-state index contributed by atoms with van der Waals surface area (Å²) in [6, 6.07) is 14.2. The average Bonchev–Trinajstić information content (AvgIpc) is 2.97. The van der Waals surface area contributed by atoms with Gasteiger partial charge in [-0.3, -0.25) is 9.59 Å². The molecule has 1 heterocycles. The lowest BCUT2D eigenvalue weighted by Gasteiger charge is -2.25. The minimum Gasteiger partial charge on any atom is -0.507 e. The molecule has 2 aromatic rings. The van der Waals surface area contributed by atoms with Gasteiger partial charge < -0.3 is 19.6 Å². The van der Waals surface area contributed by atoms with E-state index in [-0.39, 0.29) is 17.9 Å². The smallest absolute Gasteiger partial charge is 0.295 e. The van der Waals surface area contributed by atoms with Gasteiger partial charge in [-0.2, -0.15) is 0 Å².